The third-order valence-electron chi connectivity index (χ3n) is 5.76. The monoisotopic (exact) mass is 399 g/mol. The van der Waals surface area contributed by atoms with Crippen LogP contribution in [0.15, 0.2) is 35.5 Å². The summed E-state index contributed by atoms with van der Waals surface area (Å²) in [4.78, 5) is 16.5. The van der Waals surface area contributed by atoms with Crippen LogP contribution < -0.4 is 15.8 Å². The summed E-state index contributed by atoms with van der Waals surface area (Å²) in [6.07, 6.45) is 6.65. The Balaban J connectivity index is 1.46. The molecular formula is C18H21N7O2S. The lowest BCUT2D eigenvalue weighted by molar-refractivity contribution is 0.439. The number of fused-ring (bicyclic) bond motifs is 3. The van der Waals surface area contributed by atoms with Gasteiger partial charge in [-0.2, -0.15) is 9.97 Å². The maximum absolute atomic E-state index is 11.6. The fourth-order valence-corrected chi connectivity index (χ4v) is 5.03. The maximum Gasteiger partial charge on any atom is 0.238 e. The van der Waals surface area contributed by atoms with E-state index >= 15 is 0 Å². The van der Waals surface area contributed by atoms with Crippen molar-refractivity contribution in [2.75, 3.05) is 10.6 Å². The first kappa shape index (κ1) is 17.4. The fraction of sp³-hybridized carbons (Fsp3) is 0.389. The molecule has 2 aromatic heterocycles. The largest absolute Gasteiger partial charge is 0.365 e. The number of hydrogen-bond acceptors (Lipinski definition) is 7. The molecule has 5 N–H and O–H groups in total. The number of aromatic amines is 1. The minimum absolute atomic E-state index is 0.0282. The average Bonchev–Trinajstić information content (AvgIpc) is 3.37. The van der Waals surface area contributed by atoms with E-state index in [9.17, 15) is 8.42 Å². The molecule has 0 amide bonds. The lowest BCUT2D eigenvalue weighted by Gasteiger charge is -2.23. The van der Waals surface area contributed by atoms with Crippen molar-refractivity contribution in [3.63, 3.8) is 0 Å². The molecule has 5 rings (SSSR count). The van der Waals surface area contributed by atoms with Crippen molar-refractivity contribution >= 4 is 38.6 Å². The summed E-state index contributed by atoms with van der Waals surface area (Å²) in [6.45, 7) is 0. The number of nitrogens with two attached hydrogens (primary N) is 1. The Morgan fingerprint density at radius 1 is 1.18 bits per heavy atom. The van der Waals surface area contributed by atoms with Crippen LogP contribution in [-0.4, -0.2) is 34.4 Å². The molecule has 9 nitrogen and oxygen atoms in total. The zero-order chi connectivity index (χ0) is 19.3. The molecule has 3 aromatic rings. The van der Waals surface area contributed by atoms with Crippen LogP contribution in [-0.2, 0) is 10.0 Å². The molecule has 2 fully saturated rings. The first-order valence-electron chi connectivity index (χ1n) is 9.33. The van der Waals surface area contributed by atoms with Gasteiger partial charge in [-0.05, 0) is 49.3 Å². The third-order valence-corrected chi connectivity index (χ3v) is 6.67. The molecule has 146 valence electrons. The van der Waals surface area contributed by atoms with Crippen molar-refractivity contribution in [2.24, 2.45) is 17.0 Å². The van der Waals surface area contributed by atoms with Crippen LogP contribution in [0.25, 0.3) is 11.2 Å². The van der Waals surface area contributed by atoms with Crippen LogP contribution >= 0.6 is 0 Å². The van der Waals surface area contributed by atoms with E-state index in [1.807, 2.05) is 0 Å². The van der Waals surface area contributed by atoms with Gasteiger partial charge in [0.2, 0.25) is 16.0 Å². The number of benzene rings is 1. The Kier molecular flexibility index (Phi) is 3.98. The smallest absolute Gasteiger partial charge is 0.238 e. The number of nitrogens with zero attached hydrogens (tertiary/aromatic N) is 3. The first-order chi connectivity index (χ1) is 13.5. The molecule has 0 aliphatic heterocycles. The van der Waals surface area contributed by atoms with E-state index in [0.29, 0.717) is 40.6 Å². The van der Waals surface area contributed by atoms with Gasteiger partial charge in [0.15, 0.2) is 11.5 Å². The molecular weight excluding hydrogens is 378 g/mol. The van der Waals surface area contributed by atoms with Gasteiger partial charge in [0.1, 0.15) is 5.52 Å². The van der Waals surface area contributed by atoms with E-state index < -0.39 is 10.0 Å². The highest BCUT2D eigenvalue weighted by atomic mass is 32.2. The molecule has 2 bridgehead atoms. The van der Waals surface area contributed by atoms with E-state index in [0.717, 1.165) is 5.92 Å². The summed E-state index contributed by atoms with van der Waals surface area (Å²) in [6, 6.07) is 6.66. The van der Waals surface area contributed by atoms with Gasteiger partial charge in [-0.1, -0.05) is 12.5 Å². The number of hydrogen-bond donors (Lipinski definition) is 4. The number of anilines is 3. The first-order valence-corrected chi connectivity index (χ1v) is 10.9. The Morgan fingerprint density at radius 2 is 2.07 bits per heavy atom. The second-order valence-electron chi connectivity index (χ2n) is 7.62. The predicted molar refractivity (Wildman–Crippen MR) is 106 cm³/mol. The van der Waals surface area contributed by atoms with Gasteiger partial charge >= 0.3 is 0 Å². The Morgan fingerprint density at radius 3 is 2.82 bits per heavy atom. The van der Waals surface area contributed by atoms with Gasteiger partial charge in [-0.15, -0.1) is 0 Å². The van der Waals surface area contributed by atoms with E-state index in [-0.39, 0.29) is 4.90 Å². The summed E-state index contributed by atoms with van der Waals surface area (Å²) in [7, 11) is -3.78. The van der Waals surface area contributed by atoms with E-state index in [4.69, 9.17) is 5.14 Å². The number of rotatable bonds is 5. The molecule has 3 unspecified atom stereocenters. The Bertz CT molecular complexity index is 1140. The fourth-order valence-electron chi connectivity index (χ4n) is 4.47. The van der Waals surface area contributed by atoms with Gasteiger partial charge in [-0.3, -0.25) is 0 Å². The van der Waals surface area contributed by atoms with E-state index in [2.05, 4.69) is 30.6 Å². The number of imidazole rings is 1. The number of H-pyrrole nitrogens is 1. The lowest BCUT2D eigenvalue weighted by atomic mass is 9.95. The molecule has 2 heterocycles. The van der Waals surface area contributed by atoms with Gasteiger partial charge in [-0.25, -0.2) is 18.5 Å². The molecule has 10 heteroatoms. The molecule has 3 atom stereocenters. The van der Waals surface area contributed by atoms with Gasteiger partial charge in [0, 0.05) is 11.7 Å². The van der Waals surface area contributed by atoms with Crippen molar-refractivity contribution in [3.8, 4) is 0 Å². The van der Waals surface area contributed by atoms with E-state index in [1.165, 1.54) is 37.8 Å². The van der Waals surface area contributed by atoms with Crippen LogP contribution in [0.2, 0.25) is 0 Å². The minimum Gasteiger partial charge on any atom is -0.365 e. The molecule has 0 saturated heterocycles. The summed E-state index contributed by atoms with van der Waals surface area (Å²) in [5, 5.41) is 11.9. The molecule has 2 aliphatic carbocycles. The Hall–Kier alpha value is -2.72. The minimum atomic E-state index is -3.78. The molecule has 0 spiro atoms. The second kappa shape index (κ2) is 6.42. The standard InChI is InChI=1S/C18H21N7O2S/c19-28(26,27)13-3-1-2-12(8-13)22-18-24-16-15(20-9-21-16)17(25-18)23-14-7-10-4-5-11(14)6-10/h1-3,8-11,14H,4-7H2,(H2,19,26,27)(H3,20,21,22,23,24,25). The summed E-state index contributed by atoms with van der Waals surface area (Å²) in [5.41, 5.74) is 1.86. The topological polar surface area (TPSA) is 139 Å². The lowest BCUT2D eigenvalue weighted by Crippen LogP contribution is -2.26. The third kappa shape index (κ3) is 3.18. The second-order valence-corrected chi connectivity index (χ2v) is 9.18. The zero-order valence-electron chi connectivity index (χ0n) is 15.1. The summed E-state index contributed by atoms with van der Waals surface area (Å²) < 4.78 is 23.2. The highest BCUT2D eigenvalue weighted by molar-refractivity contribution is 7.89. The zero-order valence-corrected chi connectivity index (χ0v) is 15.9. The van der Waals surface area contributed by atoms with Crippen molar-refractivity contribution in [3.05, 3.63) is 30.6 Å². The van der Waals surface area contributed by atoms with Crippen molar-refractivity contribution in [2.45, 2.75) is 36.6 Å². The van der Waals surface area contributed by atoms with Crippen molar-refractivity contribution in [1.29, 1.82) is 0 Å². The van der Waals surface area contributed by atoms with Crippen molar-refractivity contribution in [1.82, 2.24) is 19.9 Å². The predicted octanol–water partition coefficient (Wildman–Crippen LogP) is 2.34. The van der Waals surface area contributed by atoms with Crippen LogP contribution in [0, 0.1) is 11.8 Å². The van der Waals surface area contributed by atoms with E-state index in [1.54, 1.807) is 18.5 Å². The van der Waals surface area contributed by atoms with Crippen molar-refractivity contribution < 1.29 is 8.42 Å². The number of sulfonamides is 1. The summed E-state index contributed by atoms with van der Waals surface area (Å²) >= 11 is 0. The molecule has 1 aromatic carbocycles. The Labute approximate surface area is 162 Å². The number of aromatic nitrogens is 4. The van der Waals surface area contributed by atoms with Crippen LogP contribution in [0.3, 0.4) is 0 Å². The molecule has 2 aliphatic rings. The average molecular weight is 399 g/mol. The van der Waals surface area contributed by atoms with Crippen LogP contribution in [0.5, 0.6) is 0 Å². The normalized spacial score (nSPS) is 24.0. The van der Waals surface area contributed by atoms with Gasteiger partial charge in [0.25, 0.3) is 0 Å². The number of nitrogens with one attached hydrogen (secondary N) is 3. The highest BCUT2D eigenvalue weighted by Crippen LogP contribution is 2.45. The van der Waals surface area contributed by atoms with Crippen LogP contribution in [0.1, 0.15) is 25.7 Å². The quantitative estimate of drug-likeness (QED) is 0.516. The van der Waals surface area contributed by atoms with Gasteiger partial charge < -0.3 is 15.6 Å². The highest BCUT2D eigenvalue weighted by Gasteiger charge is 2.39. The van der Waals surface area contributed by atoms with Gasteiger partial charge in [0.05, 0.1) is 11.2 Å². The van der Waals surface area contributed by atoms with Crippen LogP contribution in [0.4, 0.5) is 17.5 Å². The SMILES string of the molecule is NS(=O)(=O)c1cccc(Nc2nc(NC3CC4CCC3C4)c3nc[nH]c3n2)c1. The molecule has 0 radical (unpaired) electrons. The maximum atomic E-state index is 11.6. The molecule has 28 heavy (non-hydrogen) atoms. The number of primary sulfonamides is 1. The molecule has 2 saturated carbocycles. The summed E-state index contributed by atoms with van der Waals surface area (Å²) in [5.74, 6) is 2.55.